The van der Waals surface area contributed by atoms with Crippen LogP contribution in [0.3, 0.4) is 0 Å². The maximum absolute atomic E-state index is 11.8. The first kappa shape index (κ1) is 10.8. The first-order chi connectivity index (χ1) is 8.83. The molecule has 2 aromatic rings. The molecule has 1 aromatic carbocycles. The van der Waals surface area contributed by atoms with Crippen LogP contribution in [-0.2, 0) is 11.3 Å². The third-order valence-electron chi connectivity index (χ3n) is 2.80. The second-order valence-electron chi connectivity index (χ2n) is 4.07. The smallest absolute Gasteiger partial charge is 0.414 e. The molecule has 1 aliphatic rings. The van der Waals surface area contributed by atoms with E-state index < -0.39 is 0 Å². The lowest BCUT2D eigenvalue weighted by Crippen LogP contribution is -2.25. The highest BCUT2D eigenvalue weighted by Gasteiger charge is 2.32. The molecule has 2 heterocycles. The quantitative estimate of drug-likeness (QED) is 0.816. The first-order valence-electron chi connectivity index (χ1n) is 5.68. The lowest BCUT2D eigenvalue weighted by molar-refractivity contribution is 0.129. The van der Waals surface area contributed by atoms with Gasteiger partial charge in [0.2, 0.25) is 0 Å². The van der Waals surface area contributed by atoms with Crippen molar-refractivity contribution >= 4 is 11.8 Å². The topological polar surface area (TPSA) is 60.3 Å². The molecule has 1 fully saturated rings. The van der Waals surface area contributed by atoms with Crippen LogP contribution in [0, 0.1) is 0 Å². The Morgan fingerprint density at radius 1 is 1.33 bits per heavy atom. The van der Waals surface area contributed by atoms with E-state index in [1.807, 2.05) is 30.3 Å². The van der Waals surface area contributed by atoms with Crippen molar-refractivity contribution in [2.45, 2.75) is 12.6 Å². The van der Waals surface area contributed by atoms with Gasteiger partial charge in [-0.3, -0.25) is 4.90 Å². The van der Waals surface area contributed by atoms with Gasteiger partial charge in [0.05, 0.1) is 13.1 Å². The lowest BCUT2D eigenvalue weighted by atomic mass is 10.3. The van der Waals surface area contributed by atoms with Crippen molar-refractivity contribution in [3.8, 4) is 0 Å². The van der Waals surface area contributed by atoms with Gasteiger partial charge in [-0.15, -0.1) is 0 Å². The minimum Gasteiger partial charge on any atom is -0.442 e. The molecule has 1 aliphatic heterocycles. The first-order valence-corrected chi connectivity index (χ1v) is 5.68. The fraction of sp³-hybridized carbons (Fsp3) is 0.250. The highest BCUT2D eigenvalue weighted by molar-refractivity contribution is 5.89. The molecule has 0 saturated carbocycles. The van der Waals surface area contributed by atoms with Gasteiger partial charge in [-0.05, 0) is 12.1 Å². The van der Waals surface area contributed by atoms with Gasteiger partial charge in [-0.2, -0.15) is 5.10 Å². The highest BCUT2D eigenvalue weighted by atomic mass is 16.6. The number of benzene rings is 1. The van der Waals surface area contributed by atoms with E-state index in [0.717, 1.165) is 5.69 Å². The summed E-state index contributed by atoms with van der Waals surface area (Å²) in [6.07, 6.45) is 2.57. The Morgan fingerprint density at radius 3 is 2.89 bits per heavy atom. The summed E-state index contributed by atoms with van der Waals surface area (Å²) in [5.74, 6) is 0. The average Bonchev–Trinajstić information content (AvgIpc) is 3.01. The number of carbonyl (C=O) groups is 1. The van der Waals surface area contributed by atoms with E-state index in [2.05, 4.69) is 10.1 Å². The summed E-state index contributed by atoms with van der Waals surface area (Å²) in [5.41, 5.74) is 0.851. The fourth-order valence-corrected chi connectivity index (χ4v) is 1.97. The van der Waals surface area contributed by atoms with Crippen LogP contribution >= 0.6 is 0 Å². The number of amides is 1. The molecule has 1 unspecified atom stereocenters. The number of hydrogen-bond acceptors (Lipinski definition) is 4. The molecule has 0 radical (unpaired) electrons. The zero-order chi connectivity index (χ0) is 12.4. The van der Waals surface area contributed by atoms with Crippen LogP contribution in [0.5, 0.6) is 0 Å². The molecule has 1 atom stereocenters. The van der Waals surface area contributed by atoms with Crippen LogP contribution in [-0.4, -0.2) is 33.5 Å². The van der Waals surface area contributed by atoms with Gasteiger partial charge in [-0.1, -0.05) is 18.2 Å². The van der Waals surface area contributed by atoms with Crippen LogP contribution in [0.25, 0.3) is 0 Å². The molecule has 6 nitrogen and oxygen atoms in total. The number of nitrogens with zero attached hydrogens (tertiary/aromatic N) is 4. The molecule has 0 aliphatic carbocycles. The summed E-state index contributed by atoms with van der Waals surface area (Å²) in [6, 6.07) is 9.48. The zero-order valence-corrected chi connectivity index (χ0v) is 9.64. The summed E-state index contributed by atoms with van der Waals surface area (Å²) in [5, 5.41) is 4.00. The summed E-state index contributed by atoms with van der Waals surface area (Å²) < 4.78 is 6.96. The number of carbonyl (C=O) groups excluding carboxylic acids is 1. The molecule has 0 N–H and O–H groups in total. The standard InChI is InChI=1S/C12H12N4O2/c17-12-16(10-4-2-1-3-5-10)7-11(18-12)6-15-9-13-8-14-15/h1-5,8-9,11H,6-7H2. The third-order valence-corrected chi connectivity index (χ3v) is 2.80. The van der Waals surface area contributed by atoms with E-state index in [-0.39, 0.29) is 12.2 Å². The van der Waals surface area contributed by atoms with Crippen molar-refractivity contribution < 1.29 is 9.53 Å². The summed E-state index contributed by atoms with van der Waals surface area (Å²) >= 11 is 0. The van der Waals surface area contributed by atoms with E-state index in [0.29, 0.717) is 13.1 Å². The van der Waals surface area contributed by atoms with Gasteiger partial charge in [0.15, 0.2) is 0 Å². The molecule has 1 saturated heterocycles. The van der Waals surface area contributed by atoms with Crippen molar-refractivity contribution in [1.29, 1.82) is 0 Å². The maximum atomic E-state index is 11.8. The van der Waals surface area contributed by atoms with Crippen LogP contribution < -0.4 is 4.90 Å². The number of aromatic nitrogens is 3. The Kier molecular flexibility index (Phi) is 2.68. The second kappa shape index (κ2) is 4.48. The number of para-hydroxylation sites is 1. The molecular weight excluding hydrogens is 232 g/mol. The van der Waals surface area contributed by atoms with Gasteiger partial charge in [0, 0.05) is 5.69 Å². The SMILES string of the molecule is O=C1OC(Cn2cncn2)CN1c1ccccc1. The largest absolute Gasteiger partial charge is 0.442 e. The van der Waals surface area contributed by atoms with E-state index in [4.69, 9.17) is 4.74 Å². The van der Waals surface area contributed by atoms with Gasteiger partial charge in [0.25, 0.3) is 0 Å². The maximum Gasteiger partial charge on any atom is 0.414 e. The predicted octanol–water partition coefficient (Wildman–Crippen LogP) is 1.30. The monoisotopic (exact) mass is 244 g/mol. The van der Waals surface area contributed by atoms with Crippen molar-refractivity contribution in [1.82, 2.24) is 14.8 Å². The summed E-state index contributed by atoms with van der Waals surface area (Å²) in [7, 11) is 0. The molecular formula is C12H12N4O2. The molecule has 92 valence electrons. The average molecular weight is 244 g/mol. The Hall–Kier alpha value is -2.37. The molecule has 1 aromatic heterocycles. The Morgan fingerprint density at radius 2 is 2.17 bits per heavy atom. The number of hydrogen-bond donors (Lipinski definition) is 0. The van der Waals surface area contributed by atoms with Crippen LogP contribution in [0.1, 0.15) is 0 Å². The minimum atomic E-state index is -0.314. The Balaban J connectivity index is 1.71. The van der Waals surface area contributed by atoms with Crippen molar-refractivity contribution in [2.24, 2.45) is 0 Å². The van der Waals surface area contributed by atoms with Gasteiger partial charge in [0.1, 0.15) is 18.8 Å². The summed E-state index contributed by atoms with van der Waals surface area (Å²) in [6.45, 7) is 1.05. The van der Waals surface area contributed by atoms with Crippen molar-refractivity contribution in [2.75, 3.05) is 11.4 Å². The fourth-order valence-electron chi connectivity index (χ4n) is 1.97. The van der Waals surface area contributed by atoms with E-state index in [1.165, 1.54) is 6.33 Å². The normalized spacial score (nSPS) is 19.0. The second-order valence-corrected chi connectivity index (χ2v) is 4.07. The Bertz CT molecular complexity index is 526. The van der Waals surface area contributed by atoms with Crippen molar-refractivity contribution in [3.63, 3.8) is 0 Å². The third kappa shape index (κ3) is 2.04. The van der Waals surface area contributed by atoms with E-state index in [9.17, 15) is 4.79 Å². The summed E-state index contributed by atoms with van der Waals surface area (Å²) in [4.78, 5) is 17.3. The highest BCUT2D eigenvalue weighted by Crippen LogP contribution is 2.21. The predicted molar refractivity (Wildman–Crippen MR) is 64.1 cm³/mol. The van der Waals surface area contributed by atoms with Gasteiger partial charge >= 0.3 is 6.09 Å². The van der Waals surface area contributed by atoms with Gasteiger partial charge in [-0.25, -0.2) is 14.5 Å². The lowest BCUT2D eigenvalue weighted by Gasteiger charge is -2.12. The number of cyclic esters (lactones) is 1. The van der Waals surface area contributed by atoms with E-state index >= 15 is 0 Å². The zero-order valence-electron chi connectivity index (χ0n) is 9.64. The molecule has 3 rings (SSSR count). The Labute approximate surface area is 104 Å². The molecule has 1 amide bonds. The van der Waals surface area contributed by atoms with E-state index in [1.54, 1.807) is 15.9 Å². The molecule has 18 heavy (non-hydrogen) atoms. The van der Waals surface area contributed by atoms with Gasteiger partial charge < -0.3 is 4.74 Å². The van der Waals surface area contributed by atoms with Crippen LogP contribution in [0.4, 0.5) is 10.5 Å². The number of anilines is 1. The van der Waals surface area contributed by atoms with Crippen LogP contribution in [0.2, 0.25) is 0 Å². The van der Waals surface area contributed by atoms with Crippen molar-refractivity contribution in [3.05, 3.63) is 43.0 Å². The van der Waals surface area contributed by atoms with Crippen LogP contribution in [0.15, 0.2) is 43.0 Å². The number of rotatable bonds is 3. The molecule has 0 bridgehead atoms. The number of ether oxygens (including phenoxy) is 1. The molecule has 0 spiro atoms. The molecule has 6 heteroatoms. The minimum absolute atomic E-state index is 0.195.